The largest absolute Gasteiger partial charge is 0.507 e. The van der Waals surface area contributed by atoms with Gasteiger partial charge in [-0.15, -0.1) is 15.0 Å². The van der Waals surface area contributed by atoms with Crippen LogP contribution in [0.2, 0.25) is 0 Å². The van der Waals surface area contributed by atoms with Crippen molar-refractivity contribution < 1.29 is 9.50 Å². The van der Waals surface area contributed by atoms with Crippen LogP contribution in [0.1, 0.15) is 30.8 Å². The Morgan fingerprint density at radius 3 is 2.86 bits per heavy atom. The summed E-state index contributed by atoms with van der Waals surface area (Å²) in [5.74, 6) is 0.582. The normalized spacial score (nSPS) is 24.9. The second-order valence-electron chi connectivity index (χ2n) is 7.53. The second-order valence-corrected chi connectivity index (χ2v) is 7.53. The minimum atomic E-state index is -0.971. The van der Waals surface area contributed by atoms with E-state index in [1.807, 2.05) is 0 Å². The van der Waals surface area contributed by atoms with Crippen molar-refractivity contribution in [3.05, 3.63) is 47.7 Å². The van der Waals surface area contributed by atoms with Gasteiger partial charge in [0.2, 0.25) is 0 Å². The fourth-order valence-corrected chi connectivity index (χ4v) is 4.03. The van der Waals surface area contributed by atoms with Gasteiger partial charge in [0.25, 0.3) is 0 Å². The maximum atomic E-state index is 14.6. The Hall–Kier alpha value is -3.20. The number of aromatic hydroxyl groups is 1. The molecule has 2 N–H and O–H groups in total. The van der Waals surface area contributed by atoms with Gasteiger partial charge in [0, 0.05) is 23.7 Å². The van der Waals surface area contributed by atoms with Gasteiger partial charge in [-0.3, -0.25) is 9.97 Å². The Morgan fingerprint density at radius 2 is 2.14 bits per heavy atom. The third-order valence-corrected chi connectivity index (χ3v) is 5.47. The van der Waals surface area contributed by atoms with E-state index in [9.17, 15) is 9.50 Å². The number of nitrogens with zero attached hydrogens (tertiary/aromatic N) is 6. The van der Waals surface area contributed by atoms with Gasteiger partial charge in [0.15, 0.2) is 5.82 Å². The van der Waals surface area contributed by atoms with Crippen LogP contribution in [0.5, 0.6) is 5.75 Å². The molecule has 2 aliphatic heterocycles. The SMILES string of the molecule is Cc1nnn(-c2ccc(-c3cnc(/C=C4\C[C@H]5CC[C@H](N5)[C@H]4F)cn3)c(O)c2)n1. The number of tetrazole rings is 1. The quantitative estimate of drug-likeness (QED) is 0.704. The molecule has 2 aliphatic rings. The summed E-state index contributed by atoms with van der Waals surface area (Å²) in [6.45, 7) is 1.74. The predicted molar refractivity (Wildman–Crippen MR) is 104 cm³/mol. The molecule has 29 heavy (non-hydrogen) atoms. The molecule has 0 saturated carbocycles. The topological polar surface area (TPSA) is 102 Å². The first-order chi connectivity index (χ1) is 14.1. The zero-order valence-electron chi connectivity index (χ0n) is 15.8. The smallest absolute Gasteiger partial charge is 0.172 e. The second kappa shape index (κ2) is 7.00. The zero-order valence-corrected chi connectivity index (χ0v) is 15.8. The van der Waals surface area contributed by atoms with Gasteiger partial charge in [0.1, 0.15) is 11.9 Å². The summed E-state index contributed by atoms with van der Waals surface area (Å²) in [6, 6.07) is 5.34. The number of hydrogen-bond acceptors (Lipinski definition) is 7. The van der Waals surface area contributed by atoms with Crippen molar-refractivity contribution in [2.45, 2.75) is 44.4 Å². The van der Waals surface area contributed by atoms with Gasteiger partial charge in [-0.05, 0) is 55.2 Å². The van der Waals surface area contributed by atoms with Crippen LogP contribution >= 0.6 is 0 Å². The van der Waals surface area contributed by atoms with E-state index in [0.717, 1.165) is 18.4 Å². The Bertz CT molecular complexity index is 1080. The zero-order chi connectivity index (χ0) is 20.0. The molecule has 2 bridgehead atoms. The van der Waals surface area contributed by atoms with Crippen LogP contribution in [0.15, 0.2) is 36.2 Å². The summed E-state index contributed by atoms with van der Waals surface area (Å²) < 4.78 is 14.6. The molecule has 1 aromatic carbocycles. The molecule has 0 amide bonds. The summed E-state index contributed by atoms with van der Waals surface area (Å²) in [4.78, 5) is 10.2. The van der Waals surface area contributed by atoms with E-state index in [4.69, 9.17) is 0 Å². The van der Waals surface area contributed by atoms with E-state index >= 15 is 0 Å². The number of aromatic nitrogens is 6. The van der Waals surface area contributed by atoms with Gasteiger partial charge in [-0.2, -0.15) is 0 Å². The average molecular weight is 393 g/mol. The van der Waals surface area contributed by atoms with E-state index in [0.29, 0.717) is 40.9 Å². The fourth-order valence-electron chi connectivity index (χ4n) is 4.03. The lowest BCUT2D eigenvalue weighted by atomic mass is 9.96. The van der Waals surface area contributed by atoms with Gasteiger partial charge >= 0.3 is 0 Å². The molecule has 9 heteroatoms. The van der Waals surface area contributed by atoms with Crippen LogP contribution in [-0.4, -0.2) is 53.5 Å². The van der Waals surface area contributed by atoms with Crippen molar-refractivity contribution in [1.82, 2.24) is 35.5 Å². The van der Waals surface area contributed by atoms with Crippen molar-refractivity contribution in [1.29, 1.82) is 0 Å². The summed E-state index contributed by atoms with van der Waals surface area (Å²) in [6.07, 6.45) is 6.63. The van der Waals surface area contributed by atoms with Crippen molar-refractivity contribution >= 4 is 6.08 Å². The van der Waals surface area contributed by atoms with E-state index in [1.54, 1.807) is 43.6 Å². The number of aryl methyl sites for hydroxylation is 1. The molecule has 8 nitrogen and oxygen atoms in total. The molecule has 2 fully saturated rings. The maximum Gasteiger partial charge on any atom is 0.172 e. The molecule has 5 rings (SSSR count). The number of nitrogens with one attached hydrogen (secondary N) is 1. The Balaban J connectivity index is 1.38. The lowest BCUT2D eigenvalue weighted by Crippen LogP contribution is -2.42. The molecule has 2 aromatic heterocycles. The highest BCUT2D eigenvalue weighted by Gasteiger charge is 2.38. The van der Waals surface area contributed by atoms with E-state index in [1.165, 1.54) is 4.80 Å². The lowest BCUT2D eigenvalue weighted by molar-refractivity contribution is 0.270. The molecular weight excluding hydrogens is 373 g/mol. The number of piperidine rings is 1. The highest BCUT2D eigenvalue weighted by molar-refractivity contribution is 5.68. The van der Waals surface area contributed by atoms with Gasteiger partial charge in [0.05, 0.1) is 29.5 Å². The first-order valence-corrected chi connectivity index (χ1v) is 9.60. The van der Waals surface area contributed by atoms with E-state index < -0.39 is 6.17 Å². The molecule has 0 spiro atoms. The Morgan fingerprint density at radius 1 is 1.24 bits per heavy atom. The minimum absolute atomic E-state index is 0.0385. The van der Waals surface area contributed by atoms with Crippen LogP contribution in [0.3, 0.4) is 0 Å². The average Bonchev–Trinajstić information content (AvgIpc) is 3.33. The molecule has 0 radical (unpaired) electrons. The number of phenolic OH excluding ortho intramolecular Hbond substituents is 1. The van der Waals surface area contributed by atoms with Crippen LogP contribution in [0.4, 0.5) is 4.39 Å². The summed E-state index contributed by atoms with van der Waals surface area (Å²) >= 11 is 0. The summed E-state index contributed by atoms with van der Waals surface area (Å²) in [5, 5.41) is 25.6. The molecule has 0 aliphatic carbocycles. The Kier molecular flexibility index (Phi) is 4.31. The van der Waals surface area contributed by atoms with E-state index in [-0.39, 0.29) is 11.8 Å². The Labute approximate surface area is 166 Å². The van der Waals surface area contributed by atoms with Crippen molar-refractivity contribution in [3.63, 3.8) is 0 Å². The number of rotatable bonds is 3. The summed E-state index contributed by atoms with van der Waals surface area (Å²) in [7, 11) is 0. The van der Waals surface area contributed by atoms with Crippen LogP contribution in [0, 0.1) is 6.92 Å². The standard InChI is InChI=1S/C20H20FN7O/c1-11-25-27-28(26-11)15-3-4-16(19(29)8-15)18-10-22-14(9-23-18)7-12-6-13-2-5-17(24-13)20(12)21/h3-4,7-10,13,17,20,24,29H,2,5-6H2,1H3/b12-7+/t13-,17+,20+/m1/s1. The first-order valence-electron chi connectivity index (χ1n) is 9.60. The van der Waals surface area contributed by atoms with Crippen molar-refractivity contribution in [2.75, 3.05) is 0 Å². The number of phenols is 1. The minimum Gasteiger partial charge on any atom is -0.507 e. The highest BCUT2D eigenvalue weighted by atomic mass is 19.1. The molecule has 0 unspecified atom stereocenters. The number of benzene rings is 1. The molecule has 148 valence electrons. The third kappa shape index (κ3) is 3.38. The molecular formula is C20H20FN7O. The number of hydrogen-bond donors (Lipinski definition) is 2. The lowest BCUT2D eigenvalue weighted by Gasteiger charge is -2.27. The number of fused-ring (bicyclic) bond motifs is 2. The van der Waals surface area contributed by atoms with Crippen molar-refractivity contribution in [3.8, 4) is 22.7 Å². The van der Waals surface area contributed by atoms with Gasteiger partial charge < -0.3 is 10.4 Å². The summed E-state index contributed by atoms with van der Waals surface area (Å²) in [5.41, 5.74) is 3.06. The monoisotopic (exact) mass is 393 g/mol. The van der Waals surface area contributed by atoms with Crippen molar-refractivity contribution in [2.24, 2.45) is 0 Å². The highest BCUT2D eigenvalue weighted by Crippen LogP contribution is 2.34. The fraction of sp³-hybridized carbons (Fsp3) is 0.350. The maximum absolute atomic E-state index is 14.6. The molecule has 4 heterocycles. The first kappa shape index (κ1) is 17.9. The molecule has 3 aromatic rings. The van der Waals surface area contributed by atoms with Gasteiger partial charge in [-0.1, -0.05) is 0 Å². The van der Waals surface area contributed by atoms with Crippen LogP contribution in [-0.2, 0) is 0 Å². The predicted octanol–water partition coefficient (Wildman–Crippen LogP) is 2.38. The van der Waals surface area contributed by atoms with Gasteiger partial charge in [-0.25, -0.2) is 4.39 Å². The number of halogens is 1. The number of alkyl halides is 1. The van der Waals surface area contributed by atoms with Crippen LogP contribution in [0.25, 0.3) is 23.0 Å². The van der Waals surface area contributed by atoms with Crippen LogP contribution < -0.4 is 5.32 Å². The third-order valence-electron chi connectivity index (χ3n) is 5.47. The molecule has 3 atom stereocenters. The molecule has 2 saturated heterocycles. The van der Waals surface area contributed by atoms with E-state index in [2.05, 4.69) is 30.7 Å².